The standard InChI is InChI=1S/C21H25F3N2O2/c1-2-3-4-7-12-28-18-14-16(13-15-8-5-6-9-17(15)18)20(21(22,23)24)26-11-10-19(27)25-26/h5-6,8-9,13-14,20H,2-4,7,10-12H2,1H3,(H,25,27). The first-order valence-corrected chi connectivity index (χ1v) is 9.68. The number of rotatable bonds is 8. The third-order valence-electron chi connectivity index (χ3n) is 4.89. The van der Waals surface area contributed by atoms with E-state index in [1.807, 2.05) is 12.1 Å². The van der Waals surface area contributed by atoms with E-state index in [0.717, 1.165) is 36.1 Å². The van der Waals surface area contributed by atoms with Gasteiger partial charge in [-0.15, -0.1) is 0 Å². The van der Waals surface area contributed by atoms with E-state index in [4.69, 9.17) is 4.74 Å². The van der Waals surface area contributed by atoms with Gasteiger partial charge in [0.1, 0.15) is 11.8 Å². The number of nitrogens with one attached hydrogen (secondary N) is 1. The zero-order valence-corrected chi connectivity index (χ0v) is 15.9. The van der Waals surface area contributed by atoms with Crippen LogP contribution in [0.15, 0.2) is 36.4 Å². The lowest BCUT2D eigenvalue weighted by molar-refractivity contribution is -0.191. The molecule has 1 unspecified atom stereocenters. The van der Waals surface area contributed by atoms with Crippen LogP contribution < -0.4 is 10.2 Å². The molecule has 2 aromatic carbocycles. The molecule has 1 fully saturated rings. The number of hydrogen-bond acceptors (Lipinski definition) is 3. The lowest BCUT2D eigenvalue weighted by Crippen LogP contribution is -2.43. The maximum atomic E-state index is 13.9. The number of halogens is 3. The van der Waals surface area contributed by atoms with Gasteiger partial charge in [-0.25, -0.2) is 5.01 Å². The van der Waals surface area contributed by atoms with Gasteiger partial charge in [-0.2, -0.15) is 13.2 Å². The number of fused-ring (bicyclic) bond motifs is 1. The summed E-state index contributed by atoms with van der Waals surface area (Å²) in [6, 6.07) is 8.34. The molecule has 0 radical (unpaired) electrons. The molecule has 3 rings (SSSR count). The van der Waals surface area contributed by atoms with Crippen LogP contribution in [0.2, 0.25) is 0 Å². The van der Waals surface area contributed by atoms with Crippen LogP contribution in [0.1, 0.15) is 50.6 Å². The van der Waals surface area contributed by atoms with E-state index < -0.39 is 18.1 Å². The van der Waals surface area contributed by atoms with E-state index >= 15 is 0 Å². The summed E-state index contributed by atoms with van der Waals surface area (Å²) < 4.78 is 47.5. The van der Waals surface area contributed by atoms with Crippen LogP contribution in [0.3, 0.4) is 0 Å². The van der Waals surface area contributed by atoms with Crippen molar-refractivity contribution in [2.24, 2.45) is 0 Å². The Morgan fingerprint density at radius 3 is 2.64 bits per heavy atom. The fourth-order valence-corrected chi connectivity index (χ4v) is 3.52. The van der Waals surface area contributed by atoms with Gasteiger partial charge in [-0.1, -0.05) is 50.5 Å². The predicted molar refractivity (Wildman–Crippen MR) is 102 cm³/mol. The molecule has 2 aromatic rings. The highest BCUT2D eigenvalue weighted by molar-refractivity contribution is 5.89. The molecule has 1 aliphatic rings. The van der Waals surface area contributed by atoms with Gasteiger partial charge >= 0.3 is 6.18 Å². The number of amides is 1. The first kappa shape index (κ1) is 20.5. The molecule has 0 spiro atoms. The van der Waals surface area contributed by atoms with Crippen LogP contribution in [0.25, 0.3) is 10.8 Å². The van der Waals surface area contributed by atoms with E-state index in [0.29, 0.717) is 17.7 Å². The third kappa shape index (κ3) is 4.76. The fourth-order valence-electron chi connectivity index (χ4n) is 3.52. The van der Waals surface area contributed by atoms with Crippen LogP contribution in [0, 0.1) is 0 Å². The van der Waals surface area contributed by atoms with Crippen molar-refractivity contribution in [2.75, 3.05) is 13.2 Å². The smallest absolute Gasteiger partial charge is 0.409 e. The number of carbonyl (C=O) groups excluding carboxylic acids is 1. The van der Waals surface area contributed by atoms with Gasteiger partial charge < -0.3 is 4.74 Å². The number of unbranched alkanes of at least 4 members (excludes halogenated alkanes) is 3. The second-order valence-corrected chi connectivity index (χ2v) is 7.07. The summed E-state index contributed by atoms with van der Waals surface area (Å²) in [6.07, 6.45) is -0.377. The lowest BCUT2D eigenvalue weighted by atomic mass is 10.00. The Kier molecular flexibility index (Phi) is 6.44. The van der Waals surface area contributed by atoms with Gasteiger partial charge in [-0.3, -0.25) is 10.2 Å². The highest BCUT2D eigenvalue weighted by Crippen LogP contribution is 2.41. The summed E-state index contributed by atoms with van der Waals surface area (Å²) in [7, 11) is 0. The van der Waals surface area contributed by atoms with Gasteiger partial charge in [0.2, 0.25) is 5.91 Å². The molecule has 1 heterocycles. The topological polar surface area (TPSA) is 41.6 Å². The minimum atomic E-state index is -4.53. The minimum Gasteiger partial charge on any atom is -0.493 e. The molecule has 1 atom stereocenters. The number of nitrogens with zero attached hydrogens (tertiary/aromatic N) is 1. The average Bonchev–Trinajstić information content (AvgIpc) is 3.06. The molecule has 1 saturated heterocycles. The van der Waals surface area contributed by atoms with E-state index in [1.54, 1.807) is 12.1 Å². The molecule has 4 nitrogen and oxygen atoms in total. The molecule has 1 aliphatic heterocycles. The number of carbonyl (C=O) groups is 1. The van der Waals surface area contributed by atoms with Crippen molar-refractivity contribution in [2.45, 2.75) is 51.2 Å². The maximum Gasteiger partial charge on any atom is 0.409 e. The van der Waals surface area contributed by atoms with E-state index in [9.17, 15) is 18.0 Å². The molecule has 0 bridgehead atoms. The van der Waals surface area contributed by atoms with Crippen LogP contribution in [-0.2, 0) is 4.79 Å². The van der Waals surface area contributed by atoms with Gasteiger partial charge in [0.15, 0.2) is 0 Å². The van der Waals surface area contributed by atoms with Crippen LogP contribution in [-0.4, -0.2) is 30.2 Å². The predicted octanol–water partition coefficient (Wildman–Crippen LogP) is 5.14. The largest absolute Gasteiger partial charge is 0.493 e. The summed E-state index contributed by atoms with van der Waals surface area (Å²) in [5.74, 6) is 0.0480. The van der Waals surface area contributed by atoms with E-state index in [1.165, 1.54) is 12.1 Å². The zero-order valence-electron chi connectivity index (χ0n) is 15.9. The van der Waals surface area contributed by atoms with Crippen molar-refractivity contribution in [3.05, 3.63) is 42.0 Å². The van der Waals surface area contributed by atoms with Crippen molar-refractivity contribution < 1.29 is 22.7 Å². The molecule has 7 heteroatoms. The molecule has 0 aliphatic carbocycles. The summed E-state index contributed by atoms with van der Waals surface area (Å²) in [5.41, 5.74) is 2.39. The molecule has 0 saturated carbocycles. The number of benzene rings is 2. The quantitative estimate of drug-likeness (QED) is 0.631. The number of hydrogen-bond donors (Lipinski definition) is 1. The number of ether oxygens (including phenoxy) is 1. The van der Waals surface area contributed by atoms with Crippen LogP contribution >= 0.6 is 0 Å². The zero-order chi connectivity index (χ0) is 20.1. The van der Waals surface area contributed by atoms with Gasteiger partial charge in [0.05, 0.1) is 6.61 Å². The molecule has 1 N–H and O–H groups in total. The first-order chi connectivity index (χ1) is 13.4. The highest BCUT2D eigenvalue weighted by Gasteiger charge is 2.47. The average molecular weight is 394 g/mol. The molecule has 28 heavy (non-hydrogen) atoms. The summed E-state index contributed by atoms with van der Waals surface area (Å²) in [6.45, 7) is 2.60. The maximum absolute atomic E-state index is 13.9. The number of alkyl halides is 3. The lowest BCUT2D eigenvalue weighted by Gasteiger charge is -2.29. The van der Waals surface area contributed by atoms with Gasteiger partial charge in [0, 0.05) is 18.4 Å². The normalized spacial score (nSPS) is 16.4. The van der Waals surface area contributed by atoms with Gasteiger partial charge in [-0.05, 0) is 29.5 Å². The molecular formula is C21H25F3N2O2. The van der Waals surface area contributed by atoms with Gasteiger partial charge in [0.25, 0.3) is 0 Å². The molecule has 1 amide bonds. The van der Waals surface area contributed by atoms with Crippen LogP contribution in [0.4, 0.5) is 13.2 Å². The Labute approximate surface area is 162 Å². The van der Waals surface area contributed by atoms with Crippen molar-refractivity contribution in [3.8, 4) is 5.75 Å². The second kappa shape index (κ2) is 8.82. The summed E-state index contributed by atoms with van der Waals surface area (Å²) in [4.78, 5) is 11.5. The Hall–Kier alpha value is -2.28. The minimum absolute atomic E-state index is 0.0169. The SMILES string of the molecule is CCCCCCOc1cc(C(N2CCC(=O)N2)C(F)(F)F)cc2ccccc12. The van der Waals surface area contributed by atoms with E-state index in [2.05, 4.69) is 12.3 Å². The summed E-state index contributed by atoms with van der Waals surface area (Å²) >= 11 is 0. The summed E-state index contributed by atoms with van der Waals surface area (Å²) in [5, 5.41) is 2.44. The third-order valence-corrected chi connectivity index (χ3v) is 4.89. The Morgan fingerprint density at radius 2 is 1.96 bits per heavy atom. The van der Waals surface area contributed by atoms with Crippen molar-refractivity contribution in [1.29, 1.82) is 0 Å². The van der Waals surface area contributed by atoms with Crippen molar-refractivity contribution >= 4 is 16.7 Å². The monoisotopic (exact) mass is 394 g/mol. The molecule has 152 valence electrons. The number of hydrazine groups is 1. The highest BCUT2D eigenvalue weighted by atomic mass is 19.4. The van der Waals surface area contributed by atoms with Crippen molar-refractivity contribution in [1.82, 2.24) is 10.4 Å². The molecule has 0 aromatic heterocycles. The second-order valence-electron chi connectivity index (χ2n) is 7.07. The first-order valence-electron chi connectivity index (χ1n) is 9.68. The van der Waals surface area contributed by atoms with Crippen molar-refractivity contribution in [3.63, 3.8) is 0 Å². The molecular weight excluding hydrogens is 369 g/mol. The Balaban J connectivity index is 1.93. The van der Waals surface area contributed by atoms with E-state index in [-0.39, 0.29) is 18.5 Å². The fraction of sp³-hybridized carbons (Fsp3) is 0.476. The van der Waals surface area contributed by atoms with Crippen LogP contribution in [0.5, 0.6) is 5.75 Å². The Bertz CT molecular complexity index is 823. The Morgan fingerprint density at radius 1 is 1.18 bits per heavy atom.